The van der Waals surface area contributed by atoms with Gasteiger partial charge in [0.15, 0.2) is 0 Å². The van der Waals surface area contributed by atoms with Crippen molar-refractivity contribution in [2.45, 2.75) is 4.90 Å². The van der Waals surface area contributed by atoms with Crippen molar-refractivity contribution >= 4 is 22.0 Å². The highest BCUT2D eigenvalue weighted by Gasteiger charge is 1.96. The van der Waals surface area contributed by atoms with E-state index in [0.29, 0.717) is 0 Å². The molecule has 4 nitrogen and oxygen atoms in total. The summed E-state index contributed by atoms with van der Waals surface area (Å²) >= 11 is -2.19. The first kappa shape index (κ1) is 8.28. The van der Waals surface area contributed by atoms with Gasteiger partial charge in [-0.05, 0) is 29.3 Å². The highest BCUT2D eigenvalue weighted by Crippen LogP contribution is 2.13. The zero-order valence-corrected chi connectivity index (χ0v) is 7.32. The van der Waals surface area contributed by atoms with Crippen molar-refractivity contribution in [1.29, 1.82) is 0 Å². The van der Waals surface area contributed by atoms with E-state index in [1.54, 1.807) is 18.3 Å². The van der Waals surface area contributed by atoms with Crippen LogP contribution in [0.3, 0.4) is 0 Å². The van der Waals surface area contributed by atoms with Gasteiger partial charge in [-0.2, -0.15) is 0 Å². The van der Waals surface area contributed by atoms with Crippen LogP contribution in [0.15, 0.2) is 35.6 Å². The molecule has 66 valence electrons. The maximum Gasteiger partial charge on any atom is 0.116 e. The number of nitrogens with zero attached hydrogens (tertiary/aromatic N) is 2. The van der Waals surface area contributed by atoms with Gasteiger partial charge in [0.1, 0.15) is 6.33 Å². The number of benzene rings is 1. The number of aromatic nitrogens is 2. The van der Waals surface area contributed by atoms with Gasteiger partial charge in [0.2, 0.25) is 0 Å². The van der Waals surface area contributed by atoms with Gasteiger partial charge in [0, 0.05) is 16.5 Å². The average molecular weight is 193 g/mol. The van der Waals surface area contributed by atoms with Crippen molar-refractivity contribution < 1.29 is 8.76 Å². The van der Waals surface area contributed by atoms with Gasteiger partial charge in [-0.25, -0.2) is 9.97 Å². The molecule has 0 aliphatic rings. The molecule has 0 saturated carbocycles. The number of fused-ring (bicyclic) bond motifs is 1. The fourth-order valence-corrected chi connectivity index (χ4v) is 1.47. The van der Waals surface area contributed by atoms with E-state index >= 15 is 0 Å². The third kappa shape index (κ3) is 1.56. The standard InChI is InChI=1S/C8H6N2O2S/c11-13(12)7-1-2-8-6(3-7)4-9-5-10-8/h1-5H,(H,11,12)/p-1. The lowest BCUT2D eigenvalue weighted by Crippen LogP contribution is -1.89. The number of hydrogen-bond donors (Lipinski definition) is 0. The lowest BCUT2D eigenvalue weighted by molar-refractivity contribution is 0.537. The zero-order chi connectivity index (χ0) is 9.26. The second kappa shape index (κ2) is 3.20. The van der Waals surface area contributed by atoms with Crippen LogP contribution in [0.1, 0.15) is 0 Å². The van der Waals surface area contributed by atoms with Crippen molar-refractivity contribution in [3.8, 4) is 0 Å². The Balaban J connectivity index is 2.69. The van der Waals surface area contributed by atoms with Gasteiger partial charge in [-0.15, -0.1) is 0 Å². The van der Waals surface area contributed by atoms with Gasteiger partial charge in [0.25, 0.3) is 0 Å². The van der Waals surface area contributed by atoms with Gasteiger partial charge < -0.3 is 4.55 Å². The Kier molecular flexibility index (Phi) is 2.03. The summed E-state index contributed by atoms with van der Waals surface area (Å²) in [5.74, 6) is 0. The molecule has 0 radical (unpaired) electrons. The molecule has 1 aromatic carbocycles. The third-order valence-corrected chi connectivity index (χ3v) is 2.31. The van der Waals surface area contributed by atoms with Crippen LogP contribution in [0, 0.1) is 0 Å². The van der Waals surface area contributed by atoms with Crippen molar-refractivity contribution in [3.63, 3.8) is 0 Å². The van der Waals surface area contributed by atoms with Crippen molar-refractivity contribution in [2.75, 3.05) is 0 Å². The molecule has 1 unspecified atom stereocenters. The average Bonchev–Trinajstić information content (AvgIpc) is 2.17. The van der Waals surface area contributed by atoms with E-state index in [0.717, 1.165) is 10.9 Å². The largest absolute Gasteiger partial charge is 0.768 e. The van der Waals surface area contributed by atoms with E-state index in [9.17, 15) is 8.76 Å². The van der Waals surface area contributed by atoms with Crippen molar-refractivity contribution in [2.24, 2.45) is 0 Å². The molecule has 2 aromatic rings. The van der Waals surface area contributed by atoms with Gasteiger partial charge in [-0.1, -0.05) is 0 Å². The molecule has 0 bridgehead atoms. The maximum absolute atomic E-state index is 10.6. The molecular weight excluding hydrogens is 188 g/mol. The smallest absolute Gasteiger partial charge is 0.116 e. The predicted molar refractivity (Wildman–Crippen MR) is 46.7 cm³/mol. The topological polar surface area (TPSA) is 65.9 Å². The predicted octanol–water partition coefficient (Wildman–Crippen LogP) is 0.868. The second-order valence-corrected chi connectivity index (χ2v) is 3.42. The van der Waals surface area contributed by atoms with Crippen LogP contribution < -0.4 is 0 Å². The molecule has 2 rings (SSSR count). The molecule has 0 amide bonds. The molecule has 0 N–H and O–H groups in total. The fourth-order valence-electron chi connectivity index (χ4n) is 1.07. The molecule has 0 aliphatic carbocycles. The van der Waals surface area contributed by atoms with Crippen LogP contribution in [0.25, 0.3) is 10.9 Å². The Morgan fingerprint density at radius 2 is 2.23 bits per heavy atom. The minimum Gasteiger partial charge on any atom is -0.768 e. The van der Waals surface area contributed by atoms with E-state index in [4.69, 9.17) is 0 Å². The highest BCUT2D eigenvalue weighted by molar-refractivity contribution is 7.79. The van der Waals surface area contributed by atoms with Crippen LogP contribution in [0.5, 0.6) is 0 Å². The molecule has 1 atom stereocenters. The lowest BCUT2D eigenvalue weighted by Gasteiger charge is -2.04. The van der Waals surface area contributed by atoms with Crippen LogP contribution in [0.2, 0.25) is 0 Å². The van der Waals surface area contributed by atoms with E-state index in [-0.39, 0.29) is 4.90 Å². The Morgan fingerprint density at radius 3 is 3.00 bits per heavy atom. The summed E-state index contributed by atoms with van der Waals surface area (Å²) in [6.07, 6.45) is 3.01. The molecule has 13 heavy (non-hydrogen) atoms. The summed E-state index contributed by atoms with van der Waals surface area (Å²) in [6.45, 7) is 0. The molecule has 0 spiro atoms. The summed E-state index contributed by atoms with van der Waals surface area (Å²) in [7, 11) is 0. The zero-order valence-electron chi connectivity index (χ0n) is 6.51. The Bertz CT molecular complexity index is 472. The Morgan fingerprint density at radius 1 is 1.38 bits per heavy atom. The number of rotatable bonds is 1. The third-order valence-electron chi connectivity index (χ3n) is 1.67. The summed E-state index contributed by atoms with van der Waals surface area (Å²) < 4.78 is 21.2. The van der Waals surface area contributed by atoms with Gasteiger partial charge in [0.05, 0.1) is 5.52 Å². The van der Waals surface area contributed by atoms with Gasteiger partial charge in [-0.3, -0.25) is 4.21 Å². The monoisotopic (exact) mass is 193 g/mol. The summed E-state index contributed by atoms with van der Waals surface area (Å²) in [4.78, 5) is 8.02. The minimum atomic E-state index is -2.19. The molecule has 1 aromatic heterocycles. The Labute approximate surface area is 76.9 Å². The highest BCUT2D eigenvalue weighted by atomic mass is 32.2. The minimum absolute atomic E-state index is 0.252. The quantitative estimate of drug-likeness (QED) is 0.630. The van der Waals surface area contributed by atoms with E-state index in [1.807, 2.05) is 0 Å². The molecule has 5 heteroatoms. The molecule has 1 heterocycles. The molecule has 0 saturated heterocycles. The van der Waals surface area contributed by atoms with Crippen molar-refractivity contribution in [3.05, 3.63) is 30.7 Å². The molecule has 0 fully saturated rings. The first-order valence-corrected chi connectivity index (χ1v) is 4.64. The summed E-state index contributed by atoms with van der Waals surface area (Å²) in [5, 5.41) is 0.726. The molecule has 0 aliphatic heterocycles. The number of hydrogen-bond acceptors (Lipinski definition) is 4. The van der Waals surface area contributed by atoms with Crippen molar-refractivity contribution in [1.82, 2.24) is 9.97 Å². The maximum atomic E-state index is 10.6. The fraction of sp³-hybridized carbons (Fsp3) is 0. The second-order valence-electron chi connectivity index (χ2n) is 2.48. The van der Waals surface area contributed by atoms with Crippen LogP contribution >= 0.6 is 0 Å². The normalized spacial score (nSPS) is 13.0. The summed E-state index contributed by atoms with van der Waals surface area (Å²) in [6, 6.07) is 4.71. The lowest BCUT2D eigenvalue weighted by atomic mass is 10.2. The molecular formula is C8H5N2O2S-. The van der Waals surface area contributed by atoms with Crippen LogP contribution in [0.4, 0.5) is 0 Å². The van der Waals surface area contributed by atoms with E-state index in [2.05, 4.69) is 9.97 Å². The first-order chi connectivity index (χ1) is 6.27. The SMILES string of the molecule is O=S([O-])c1ccc2ncncc2c1. The first-order valence-electron chi connectivity index (χ1n) is 3.56. The van der Waals surface area contributed by atoms with Crippen LogP contribution in [-0.4, -0.2) is 18.7 Å². The summed E-state index contributed by atoms with van der Waals surface area (Å²) in [5.41, 5.74) is 0.740. The van der Waals surface area contributed by atoms with Gasteiger partial charge >= 0.3 is 0 Å². The van der Waals surface area contributed by atoms with Crippen LogP contribution in [-0.2, 0) is 11.1 Å². The Hall–Kier alpha value is -1.33. The van der Waals surface area contributed by atoms with E-state index in [1.165, 1.54) is 12.4 Å². The van der Waals surface area contributed by atoms with E-state index < -0.39 is 11.1 Å².